The lowest BCUT2D eigenvalue weighted by Gasteiger charge is -2.28. The average molecular weight is 341 g/mol. The van der Waals surface area contributed by atoms with E-state index >= 15 is 0 Å². The van der Waals surface area contributed by atoms with Crippen LogP contribution in [-0.2, 0) is 11.2 Å². The number of aromatic nitrogens is 2. The van der Waals surface area contributed by atoms with E-state index in [4.69, 9.17) is 0 Å². The monoisotopic (exact) mass is 341 g/mol. The first kappa shape index (κ1) is 15.8. The van der Waals surface area contributed by atoms with Crippen LogP contribution in [0.1, 0.15) is 31.2 Å². The molecule has 4 rings (SSSR count). The lowest BCUT2D eigenvalue weighted by molar-refractivity contribution is -0.116. The van der Waals surface area contributed by atoms with E-state index in [-0.39, 0.29) is 11.7 Å². The highest BCUT2D eigenvalue weighted by molar-refractivity contribution is 5.94. The molecule has 0 bridgehead atoms. The van der Waals surface area contributed by atoms with Gasteiger partial charge in [0, 0.05) is 30.9 Å². The Hall–Kier alpha value is -2.70. The number of rotatable bonds is 3. The van der Waals surface area contributed by atoms with Crippen molar-refractivity contribution in [2.24, 2.45) is 0 Å². The maximum atomic E-state index is 14.1. The normalized spacial score (nSPS) is 17.0. The number of benzene rings is 1. The van der Waals surface area contributed by atoms with E-state index in [9.17, 15) is 9.18 Å². The number of amides is 1. The number of aryl methyl sites for hydroxylation is 1. The Balaban J connectivity index is 1.55. The van der Waals surface area contributed by atoms with Crippen molar-refractivity contribution in [1.29, 1.82) is 0 Å². The van der Waals surface area contributed by atoms with Crippen LogP contribution in [0.25, 0.3) is 0 Å². The molecule has 0 unspecified atom stereocenters. The summed E-state index contributed by atoms with van der Waals surface area (Å²) in [5.74, 6) is 0.394. The molecule has 0 aliphatic carbocycles. The van der Waals surface area contributed by atoms with E-state index in [1.54, 1.807) is 0 Å². The van der Waals surface area contributed by atoms with E-state index in [0.717, 1.165) is 42.9 Å². The number of hydrogen-bond acceptors (Lipinski definition) is 5. The van der Waals surface area contributed by atoms with Crippen molar-refractivity contribution < 1.29 is 9.18 Å². The molecule has 0 radical (unpaired) electrons. The zero-order valence-electron chi connectivity index (χ0n) is 13.9. The van der Waals surface area contributed by atoms with Crippen molar-refractivity contribution in [2.75, 3.05) is 28.6 Å². The fourth-order valence-electron chi connectivity index (χ4n) is 3.34. The van der Waals surface area contributed by atoms with Gasteiger partial charge in [-0.3, -0.25) is 4.79 Å². The molecular weight excluding hydrogens is 321 g/mol. The van der Waals surface area contributed by atoms with Crippen LogP contribution in [-0.4, -0.2) is 29.0 Å². The number of anilines is 4. The first-order valence-electron chi connectivity index (χ1n) is 8.66. The zero-order valence-corrected chi connectivity index (χ0v) is 13.9. The maximum absolute atomic E-state index is 14.1. The lowest BCUT2D eigenvalue weighted by atomic mass is 10.0. The molecule has 1 aromatic carbocycles. The van der Waals surface area contributed by atoms with Gasteiger partial charge in [0.2, 0.25) is 11.9 Å². The summed E-state index contributed by atoms with van der Waals surface area (Å²) >= 11 is 0. The van der Waals surface area contributed by atoms with Gasteiger partial charge in [-0.1, -0.05) is 0 Å². The van der Waals surface area contributed by atoms with E-state index in [1.165, 1.54) is 12.6 Å². The third-order valence-corrected chi connectivity index (χ3v) is 4.64. The third-order valence-electron chi connectivity index (χ3n) is 4.64. The van der Waals surface area contributed by atoms with Crippen molar-refractivity contribution in [3.05, 3.63) is 35.8 Å². The van der Waals surface area contributed by atoms with Gasteiger partial charge in [0.1, 0.15) is 0 Å². The number of halogens is 1. The first-order chi connectivity index (χ1) is 12.2. The van der Waals surface area contributed by atoms with Gasteiger partial charge >= 0.3 is 0 Å². The topological polar surface area (TPSA) is 70.2 Å². The Morgan fingerprint density at radius 2 is 2.00 bits per heavy atom. The Kier molecular flexibility index (Phi) is 4.21. The second-order valence-corrected chi connectivity index (χ2v) is 6.46. The fourth-order valence-corrected chi connectivity index (χ4v) is 3.34. The molecule has 7 heteroatoms. The molecule has 2 aliphatic heterocycles. The van der Waals surface area contributed by atoms with E-state index < -0.39 is 0 Å². The Morgan fingerprint density at radius 1 is 1.16 bits per heavy atom. The predicted molar refractivity (Wildman–Crippen MR) is 94.7 cm³/mol. The minimum absolute atomic E-state index is 0.0428. The molecule has 2 aromatic rings. The maximum Gasteiger partial charge on any atom is 0.229 e. The molecule has 1 aromatic heterocycles. The van der Waals surface area contributed by atoms with Gasteiger partial charge in [-0.25, -0.2) is 9.37 Å². The summed E-state index contributed by atoms with van der Waals surface area (Å²) < 4.78 is 14.1. The van der Waals surface area contributed by atoms with E-state index in [2.05, 4.69) is 20.6 Å². The van der Waals surface area contributed by atoms with Crippen LogP contribution < -0.4 is 15.5 Å². The van der Waals surface area contributed by atoms with Gasteiger partial charge in [0.25, 0.3) is 0 Å². The molecular formula is C18H20FN5O. The van der Waals surface area contributed by atoms with Crippen LogP contribution in [0.3, 0.4) is 0 Å². The molecule has 0 atom stereocenters. The van der Waals surface area contributed by atoms with Gasteiger partial charge in [0.15, 0.2) is 11.6 Å². The average Bonchev–Trinajstić information content (AvgIpc) is 2.64. The number of nitrogens with zero attached hydrogens (tertiary/aromatic N) is 3. The second-order valence-electron chi connectivity index (χ2n) is 6.46. The molecule has 25 heavy (non-hydrogen) atoms. The Morgan fingerprint density at radius 3 is 2.84 bits per heavy atom. The number of fused-ring (bicyclic) bond motifs is 1. The van der Waals surface area contributed by atoms with Crippen LogP contribution in [0, 0.1) is 5.82 Å². The summed E-state index contributed by atoms with van der Waals surface area (Å²) in [6, 6.07) is 5.70. The summed E-state index contributed by atoms with van der Waals surface area (Å²) in [6.07, 6.45) is 5.71. The van der Waals surface area contributed by atoms with E-state index in [1.807, 2.05) is 23.1 Å². The smallest absolute Gasteiger partial charge is 0.229 e. The van der Waals surface area contributed by atoms with E-state index in [0.29, 0.717) is 24.6 Å². The summed E-state index contributed by atoms with van der Waals surface area (Å²) in [4.78, 5) is 21.8. The number of nitrogens with one attached hydrogen (secondary N) is 2. The molecule has 6 nitrogen and oxygen atoms in total. The molecule has 2 N–H and O–H groups in total. The quantitative estimate of drug-likeness (QED) is 0.897. The van der Waals surface area contributed by atoms with Crippen LogP contribution in [0.5, 0.6) is 0 Å². The Bertz CT molecular complexity index is 804. The highest BCUT2D eigenvalue weighted by atomic mass is 19.1. The molecule has 0 spiro atoms. The second kappa shape index (κ2) is 6.66. The van der Waals surface area contributed by atoms with Crippen molar-refractivity contribution in [2.45, 2.75) is 32.1 Å². The lowest BCUT2D eigenvalue weighted by Crippen LogP contribution is -2.31. The van der Waals surface area contributed by atoms with Crippen molar-refractivity contribution in [3.63, 3.8) is 0 Å². The Labute approximate surface area is 145 Å². The van der Waals surface area contributed by atoms with Crippen LogP contribution in [0.2, 0.25) is 0 Å². The predicted octanol–water partition coefficient (Wildman–Crippen LogP) is 3.23. The summed E-state index contributed by atoms with van der Waals surface area (Å²) in [5.41, 5.74) is 2.74. The minimum Gasteiger partial charge on any atom is -0.354 e. The van der Waals surface area contributed by atoms with Crippen molar-refractivity contribution in [3.8, 4) is 0 Å². The molecule has 130 valence electrons. The van der Waals surface area contributed by atoms with Gasteiger partial charge in [-0.05, 0) is 49.4 Å². The number of carbonyl (C=O) groups excluding carboxylic acids is 1. The number of piperidine rings is 1. The first-order valence-corrected chi connectivity index (χ1v) is 8.66. The molecule has 0 saturated carbocycles. The molecule has 1 amide bonds. The summed E-state index contributed by atoms with van der Waals surface area (Å²) in [5, 5.41) is 6.00. The number of carbonyl (C=O) groups is 1. The zero-order chi connectivity index (χ0) is 17.2. The fraction of sp³-hybridized carbons (Fsp3) is 0.389. The van der Waals surface area contributed by atoms with Crippen molar-refractivity contribution >= 4 is 29.0 Å². The van der Waals surface area contributed by atoms with Gasteiger partial charge < -0.3 is 15.5 Å². The van der Waals surface area contributed by atoms with Crippen LogP contribution >= 0.6 is 0 Å². The largest absolute Gasteiger partial charge is 0.354 e. The highest BCUT2D eigenvalue weighted by Gasteiger charge is 2.18. The molecule has 2 aliphatic rings. The number of hydrogen-bond donors (Lipinski definition) is 2. The molecule has 1 saturated heterocycles. The molecule has 3 heterocycles. The SMILES string of the molecule is O=C1CCc2cc(Nc3ncc(F)c(N4CCCCC4)n3)ccc2N1. The summed E-state index contributed by atoms with van der Waals surface area (Å²) in [6.45, 7) is 1.65. The summed E-state index contributed by atoms with van der Waals surface area (Å²) in [7, 11) is 0. The van der Waals surface area contributed by atoms with Crippen LogP contribution in [0.4, 0.5) is 27.5 Å². The van der Waals surface area contributed by atoms with Gasteiger partial charge in [0.05, 0.1) is 6.20 Å². The van der Waals surface area contributed by atoms with Crippen molar-refractivity contribution in [1.82, 2.24) is 9.97 Å². The standard InChI is InChI=1S/C18H20FN5O/c19-14-11-20-18(23-17(14)24-8-2-1-3-9-24)21-13-5-6-15-12(10-13)4-7-16(25)22-15/h5-6,10-11H,1-4,7-9H2,(H,22,25)(H,20,21,23). The van der Waals surface area contributed by atoms with Gasteiger partial charge in [-0.2, -0.15) is 4.98 Å². The molecule has 1 fully saturated rings. The third kappa shape index (κ3) is 3.40. The van der Waals surface area contributed by atoms with Gasteiger partial charge in [-0.15, -0.1) is 0 Å². The minimum atomic E-state index is -0.388. The van der Waals surface area contributed by atoms with Crippen LogP contribution in [0.15, 0.2) is 24.4 Å². The highest BCUT2D eigenvalue weighted by Crippen LogP contribution is 2.27.